The summed E-state index contributed by atoms with van der Waals surface area (Å²) in [5, 5.41) is 20.2. The van der Waals surface area contributed by atoms with Gasteiger partial charge in [0.1, 0.15) is 5.52 Å². The van der Waals surface area contributed by atoms with Gasteiger partial charge in [0, 0.05) is 16.6 Å². The first kappa shape index (κ1) is 14.9. The van der Waals surface area contributed by atoms with E-state index in [1.165, 1.54) is 16.6 Å². The number of fused-ring (bicyclic) bond motifs is 2. The summed E-state index contributed by atoms with van der Waals surface area (Å²) in [5.74, 6) is 0. The van der Waals surface area contributed by atoms with Crippen molar-refractivity contribution >= 4 is 21.9 Å². The Labute approximate surface area is 140 Å². The van der Waals surface area contributed by atoms with E-state index in [2.05, 4.69) is 46.9 Å². The molecule has 0 bridgehead atoms. The molecule has 0 aliphatic carbocycles. The number of benzene rings is 2. The largest absolute Gasteiger partial charge is 0.389 e. The molecule has 0 radical (unpaired) electrons. The Bertz CT molecular complexity index is 1010. The molecule has 0 aliphatic heterocycles. The van der Waals surface area contributed by atoms with Crippen LogP contribution in [0.1, 0.15) is 11.3 Å². The van der Waals surface area contributed by atoms with Gasteiger partial charge in [-0.1, -0.05) is 35.5 Å². The molecule has 5 nitrogen and oxygen atoms in total. The molecule has 122 valence electrons. The van der Waals surface area contributed by atoms with Gasteiger partial charge in [-0.15, -0.1) is 5.10 Å². The van der Waals surface area contributed by atoms with E-state index in [0.29, 0.717) is 13.1 Å². The van der Waals surface area contributed by atoms with Gasteiger partial charge in [0.05, 0.1) is 24.7 Å². The smallest absolute Gasteiger partial charge is 0.113 e. The molecular formula is C19H20N4O. The molecule has 0 amide bonds. The lowest BCUT2D eigenvalue weighted by molar-refractivity contribution is 0.131. The van der Waals surface area contributed by atoms with Crippen LogP contribution in [0.15, 0.2) is 48.5 Å². The highest BCUT2D eigenvalue weighted by atomic mass is 16.3. The number of para-hydroxylation sites is 2. The second-order valence-electron chi connectivity index (χ2n) is 6.25. The second-order valence-corrected chi connectivity index (χ2v) is 6.25. The summed E-state index contributed by atoms with van der Waals surface area (Å²) in [7, 11) is 0. The molecule has 2 heterocycles. The quantitative estimate of drug-likeness (QED) is 0.629. The van der Waals surface area contributed by atoms with Crippen molar-refractivity contribution in [3.63, 3.8) is 0 Å². The average Bonchev–Trinajstić information content (AvgIpc) is 3.11. The zero-order valence-corrected chi connectivity index (χ0v) is 13.8. The van der Waals surface area contributed by atoms with E-state index in [1.807, 2.05) is 30.3 Å². The minimum absolute atomic E-state index is 0.422. The molecule has 4 aromatic rings. The maximum atomic E-state index is 10.6. The van der Waals surface area contributed by atoms with Crippen LogP contribution in [0, 0.1) is 13.8 Å². The van der Waals surface area contributed by atoms with Crippen molar-refractivity contribution < 1.29 is 5.11 Å². The van der Waals surface area contributed by atoms with E-state index in [4.69, 9.17) is 0 Å². The average molecular weight is 320 g/mol. The van der Waals surface area contributed by atoms with Crippen LogP contribution in [0.4, 0.5) is 0 Å². The summed E-state index contributed by atoms with van der Waals surface area (Å²) in [6.45, 7) is 5.19. The Balaban J connectivity index is 1.63. The summed E-state index contributed by atoms with van der Waals surface area (Å²) in [6, 6.07) is 16.1. The third-order valence-electron chi connectivity index (χ3n) is 4.74. The minimum atomic E-state index is -0.538. The lowest BCUT2D eigenvalue weighted by Crippen LogP contribution is -2.23. The predicted octanol–water partition coefficient (Wildman–Crippen LogP) is 3.06. The van der Waals surface area contributed by atoms with Crippen LogP contribution in [0.2, 0.25) is 0 Å². The van der Waals surface area contributed by atoms with E-state index >= 15 is 0 Å². The number of aromatic nitrogens is 4. The van der Waals surface area contributed by atoms with Crippen molar-refractivity contribution in [1.82, 2.24) is 19.6 Å². The van der Waals surface area contributed by atoms with Crippen molar-refractivity contribution in [2.24, 2.45) is 0 Å². The Hall–Kier alpha value is -2.66. The highest BCUT2D eigenvalue weighted by Gasteiger charge is 2.15. The molecule has 0 fully saturated rings. The molecule has 4 rings (SSSR count). The first-order valence-electron chi connectivity index (χ1n) is 8.16. The number of aliphatic hydroxyl groups excluding tert-OH is 1. The highest BCUT2D eigenvalue weighted by molar-refractivity contribution is 5.85. The Morgan fingerprint density at radius 1 is 0.958 bits per heavy atom. The molecule has 24 heavy (non-hydrogen) atoms. The molecule has 5 heteroatoms. The molecule has 1 unspecified atom stereocenters. The Morgan fingerprint density at radius 3 is 2.50 bits per heavy atom. The van der Waals surface area contributed by atoms with Gasteiger partial charge < -0.3 is 9.67 Å². The molecular weight excluding hydrogens is 300 g/mol. The third-order valence-corrected chi connectivity index (χ3v) is 4.74. The minimum Gasteiger partial charge on any atom is -0.389 e. The molecule has 0 saturated heterocycles. The fourth-order valence-electron chi connectivity index (χ4n) is 3.36. The van der Waals surface area contributed by atoms with Crippen molar-refractivity contribution in [1.29, 1.82) is 0 Å². The molecule has 0 saturated carbocycles. The zero-order chi connectivity index (χ0) is 16.7. The van der Waals surface area contributed by atoms with E-state index < -0.39 is 6.10 Å². The number of hydrogen-bond donors (Lipinski definition) is 1. The molecule has 0 spiro atoms. The summed E-state index contributed by atoms with van der Waals surface area (Å²) in [4.78, 5) is 0. The van der Waals surface area contributed by atoms with Crippen molar-refractivity contribution in [3.05, 3.63) is 59.8 Å². The third kappa shape index (κ3) is 2.37. The van der Waals surface area contributed by atoms with Crippen LogP contribution in [0.5, 0.6) is 0 Å². The van der Waals surface area contributed by atoms with E-state index in [-0.39, 0.29) is 0 Å². The summed E-state index contributed by atoms with van der Waals surface area (Å²) < 4.78 is 3.96. The maximum Gasteiger partial charge on any atom is 0.113 e. The maximum absolute atomic E-state index is 10.6. The van der Waals surface area contributed by atoms with Gasteiger partial charge in [0.2, 0.25) is 0 Å². The number of aliphatic hydroxyl groups is 1. The summed E-state index contributed by atoms with van der Waals surface area (Å²) in [5.41, 5.74) is 5.42. The van der Waals surface area contributed by atoms with E-state index in [9.17, 15) is 5.11 Å². The molecule has 2 aromatic heterocycles. The fourth-order valence-corrected chi connectivity index (χ4v) is 3.36. The lowest BCUT2D eigenvalue weighted by atomic mass is 10.2. The normalized spacial score (nSPS) is 13.0. The molecule has 2 aromatic carbocycles. The fraction of sp³-hybridized carbons (Fsp3) is 0.263. The predicted molar refractivity (Wildman–Crippen MR) is 94.9 cm³/mol. The number of hydrogen-bond acceptors (Lipinski definition) is 3. The number of nitrogens with zero attached hydrogens (tertiary/aromatic N) is 4. The van der Waals surface area contributed by atoms with E-state index in [1.54, 1.807) is 4.68 Å². The van der Waals surface area contributed by atoms with Crippen LogP contribution in [-0.4, -0.2) is 30.8 Å². The second kappa shape index (κ2) is 5.76. The Morgan fingerprint density at radius 2 is 1.67 bits per heavy atom. The molecule has 1 N–H and O–H groups in total. The van der Waals surface area contributed by atoms with Crippen LogP contribution < -0.4 is 0 Å². The van der Waals surface area contributed by atoms with Gasteiger partial charge in [-0.05, 0) is 37.6 Å². The number of aryl methyl sites for hydroxylation is 1. The standard InChI is InChI=1S/C19H20N4O/c1-13-14(2)22(18-9-5-3-7-16(13)18)11-15(24)12-23-19-10-6-4-8-17(19)20-21-23/h3-10,15,24H,11-12H2,1-2H3. The van der Waals surface area contributed by atoms with E-state index in [0.717, 1.165) is 16.6 Å². The summed E-state index contributed by atoms with van der Waals surface area (Å²) >= 11 is 0. The van der Waals surface area contributed by atoms with Crippen molar-refractivity contribution in [3.8, 4) is 0 Å². The van der Waals surface area contributed by atoms with Crippen molar-refractivity contribution in [2.75, 3.05) is 0 Å². The van der Waals surface area contributed by atoms with Crippen molar-refractivity contribution in [2.45, 2.75) is 33.0 Å². The first-order chi connectivity index (χ1) is 11.6. The lowest BCUT2D eigenvalue weighted by Gasteiger charge is -2.15. The van der Waals surface area contributed by atoms with Crippen LogP contribution >= 0.6 is 0 Å². The topological polar surface area (TPSA) is 55.9 Å². The zero-order valence-electron chi connectivity index (χ0n) is 13.8. The van der Waals surface area contributed by atoms with Gasteiger partial charge in [-0.2, -0.15) is 0 Å². The summed E-state index contributed by atoms with van der Waals surface area (Å²) in [6.07, 6.45) is -0.538. The van der Waals surface area contributed by atoms with Crippen LogP contribution in [-0.2, 0) is 13.1 Å². The molecule has 1 atom stereocenters. The molecule has 0 aliphatic rings. The SMILES string of the molecule is Cc1c(C)n(CC(O)Cn2nnc3ccccc32)c2ccccc12. The number of rotatable bonds is 4. The van der Waals surface area contributed by atoms with Gasteiger partial charge >= 0.3 is 0 Å². The van der Waals surface area contributed by atoms with Gasteiger partial charge in [-0.3, -0.25) is 0 Å². The van der Waals surface area contributed by atoms with Gasteiger partial charge in [0.15, 0.2) is 0 Å². The van der Waals surface area contributed by atoms with Crippen LogP contribution in [0.25, 0.3) is 21.9 Å². The Kier molecular flexibility index (Phi) is 3.58. The van der Waals surface area contributed by atoms with Gasteiger partial charge in [0.25, 0.3) is 0 Å². The van der Waals surface area contributed by atoms with Gasteiger partial charge in [-0.25, -0.2) is 4.68 Å². The monoisotopic (exact) mass is 320 g/mol. The highest BCUT2D eigenvalue weighted by Crippen LogP contribution is 2.25. The first-order valence-corrected chi connectivity index (χ1v) is 8.16. The van der Waals surface area contributed by atoms with Crippen LogP contribution in [0.3, 0.4) is 0 Å².